The Balaban J connectivity index is 0.901. The fourth-order valence-corrected chi connectivity index (χ4v) is 19.1. The number of esters is 1. The first-order chi connectivity index (χ1) is 57.7. The lowest BCUT2D eigenvalue weighted by molar-refractivity contribution is -0.162. The van der Waals surface area contributed by atoms with E-state index in [9.17, 15) is 68.4 Å². The molecule has 658 valence electrons. The van der Waals surface area contributed by atoms with Crippen LogP contribution in [0.3, 0.4) is 0 Å². The van der Waals surface area contributed by atoms with Crippen molar-refractivity contribution >= 4 is 137 Å². The van der Waals surface area contributed by atoms with E-state index in [-0.39, 0.29) is 91.0 Å². The third kappa shape index (κ3) is 26.2. The van der Waals surface area contributed by atoms with Gasteiger partial charge in [-0.05, 0) is 119 Å². The number of unbranched alkanes of at least 4 members (excludes halogenated alkanes) is 1. The third-order valence-corrected chi connectivity index (χ3v) is 27.0. The normalized spacial score (nSPS) is 26.6. The largest absolute Gasteiger partial charge is 0.508 e. The summed E-state index contributed by atoms with van der Waals surface area (Å²) in [6.45, 7) is 7.53. The number of nitrogens with two attached hydrogens (primary N) is 2. The Morgan fingerprint density at radius 3 is 2.22 bits per heavy atom. The lowest BCUT2D eigenvalue weighted by Crippen LogP contribution is -2.63. The number of nitrogens with zero attached hydrogens (tertiary/aromatic N) is 2. The van der Waals surface area contributed by atoms with Crippen molar-refractivity contribution in [2.75, 3.05) is 69.4 Å². The van der Waals surface area contributed by atoms with E-state index in [0.717, 1.165) is 38.3 Å². The topological polar surface area (TPSA) is 489 Å². The molecule has 121 heavy (non-hydrogen) atoms. The number of alkyl carbamates (subject to hydrolysis) is 1. The van der Waals surface area contributed by atoms with Crippen molar-refractivity contribution < 1.29 is 96.9 Å². The second-order valence-corrected chi connectivity index (χ2v) is 36.3. The van der Waals surface area contributed by atoms with Gasteiger partial charge in [0.05, 0.1) is 50.1 Å². The van der Waals surface area contributed by atoms with E-state index in [0.29, 0.717) is 40.6 Å². The number of fused-ring (bicyclic) bond motifs is 6. The Hall–Kier alpha value is -9.12. The van der Waals surface area contributed by atoms with E-state index in [1.807, 2.05) is 31.2 Å². The van der Waals surface area contributed by atoms with Crippen LogP contribution in [0.1, 0.15) is 95.4 Å². The van der Waals surface area contributed by atoms with Gasteiger partial charge in [-0.3, -0.25) is 48.5 Å². The molecule has 0 unspecified atom stereocenters. The first kappa shape index (κ1) is 95.7. The summed E-state index contributed by atoms with van der Waals surface area (Å²) in [5, 5.41) is 66.8. The van der Waals surface area contributed by atoms with Gasteiger partial charge in [-0.1, -0.05) is 146 Å². The quantitative estimate of drug-likeness (QED) is 0.0154. The number of anilines is 1. The summed E-state index contributed by atoms with van der Waals surface area (Å²) in [4.78, 5) is 165. The number of methoxy groups -OCH3 is 2. The smallest absolute Gasteiger partial charge is 0.409 e. The zero-order valence-corrected chi connectivity index (χ0v) is 72.8. The van der Waals surface area contributed by atoms with E-state index in [4.69, 9.17) is 46.8 Å². The molecule has 4 aromatic carbocycles. The number of ether oxygens (including phenoxy) is 5. The summed E-state index contributed by atoms with van der Waals surface area (Å²) < 4.78 is 29.7. The number of halogens is 1. The summed E-state index contributed by atoms with van der Waals surface area (Å²) in [5.74, 6) is -8.90. The number of allylic oxidation sites excluding steroid dienone is 3. The van der Waals surface area contributed by atoms with Gasteiger partial charge < -0.3 is 108 Å². The number of aliphatic hydroxyl groups excluding tert-OH is 2. The molecule has 4 aliphatic heterocycles. The number of amides is 10. The SMILES string of the molecule is COc1cc2cc(c1Cl)N(C)C(=O)C[C@H](OC(=O)[C@H](C)N(C)C(=O)CCSSC[C@@H](CO)NC(=O)[C@@H]1CSSC[C@H](NC(=O)[C@H](N)Cc3ccccc3)C(=O)N[C@@H](Cc3ccc(O)cc3)C(=O)N[C@H](Cc3c[nH]c4ccccc34)C(=O)N[C@@H](CCCCN)C(=O)N[C@@H]([C@@H](C)O)C(=O)N1)[C@@]1(C)O[C@H]1[C@H](C)[C@@H]1C[C@@](O)(NC(=O)O1)[C@H](OC)/C=C/C=C(\C)C2. The Morgan fingerprint density at radius 2 is 1.53 bits per heavy atom. The van der Waals surface area contributed by atoms with E-state index < -0.39 is 180 Å². The maximum Gasteiger partial charge on any atom is 0.409 e. The molecule has 0 saturated carbocycles. The molecule has 3 fully saturated rings. The number of hydrogen-bond donors (Lipinski definition) is 15. The molecule has 0 radical (unpaired) electrons. The molecule has 4 aliphatic rings. The van der Waals surface area contributed by atoms with Crippen LogP contribution in [0.15, 0.2) is 121 Å². The molecule has 9 rings (SSSR count). The number of aromatic amines is 1. The minimum absolute atomic E-state index is 0.0209. The van der Waals surface area contributed by atoms with Crippen LogP contribution in [-0.2, 0) is 92.6 Å². The summed E-state index contributed by atoms with van der Waals surface area (Å²) >= 11 is 6.89. The molecule has 5 heterocycles. The van der Waals surface area contributed by atoms with Gasteiger partial charge in [0.1, 0.15) is 82.7 Å². The number of para-hydroxylation sites is 1. The van der Waals surface area contributed by atoms with Gasteiger partial charge in [0.2, 0.25) is 53.2 Å². The van der Waals surface area contributed by atoms with Crippen molar-refractivity contribution in [2.45, 2.75) is 195 Å². The number of carbonyl (C=O) groups is 11. The van der Waals surface area contributed by atoms with Crippen LogP contribution in [-0.4, -0.2) is 256 Å². The molecule has 17 atom stereocenters. The van der Waals surface area contributed by atoms with Gasteiger partial charge >= 0.3 is 12.1 Å². The molecule has 5 aromatic rings. The Morgan fingerprint density at radius 1 is 0.851 bits per heavy atom. The van der Waals surface area contributed by atoms with Crippen LogP contribution in [0.2, 0.25) is 5.02 Å². The number of phenolic OH excluding ortho intramolecular Hbond substituents is 1. The highest BCUT2D eigenvalue weighted by Crippen LogP contribution is 2.49. The van der Waals surface area contributed by atoms with Gasteiger partial charge in [-0.2, -0.15) is 0 Å². The maximum atomic E-state index is 15.0. The van der Waals surface area contributed by atoms with Gasteiger partial charge in [-0.25, -0.2) is 9.59 Å². The number of aliphatic hydroxyl groups is 3. The van der Waals surface area contributed by atoms with Gasteiger partial charge in [0.15, 0.2) is 5.72 Å². The molecule has 3 saturated heterocycles. The molecule has 38 heteroatoms. The fraction of sp³-hybridized carbons (Fsp3) is 0.506. The highest BCUT2D eigenvalue weighted by Gasteiger charge is 2.65. The predicted octanol–water partition coefficient (Wildman–Crippen LogP) is 3.82. The van der Waals surface area contributed by atoms with Crippen molar-refractivity contribution in [3.8, 4) is 11.5 Å². The monoisotopic (exact) mass is 1770 g/mol. The van der Waals surface area contributed by atoms with Crippen molar-refractivity contribution in [1.29, 1.82) is 0 Å². The molecular formula is C83H110ClN13O20S4. The van der Waals surface area contributed by atoms with E-state index in [1.165, 1.54) is 97.8 Å². The first-order valence-corrected chi connectivity index (χ1v) is 45.1. The maximum absolute atomic E-state index is 15.0. The summed E-state index contributed by atoms with van der Waals surface area (Å²) in [6, 6.07) is 12.9. The standard InChI is InChI=1S/C83H110ClN13O20S4/c1-45-18-17-24-66(114-9)83(112)39-65(115-81(111)95-83)46(2)72-82(5,117-72)67(38-69(102)97(7)63-35-51(32-45)36-64(113-8)70(63)84)116-80(110)47(3)96(6)68(101)29-31-118-119-42-53(41-98)88-77(107)61-43-120-121-44-62(92-73(103)56(86)33-49-19-11-10-12-20-49)78(108)90-59(34-50-25-27-54(100)28-26-50)75(105)91-60(37-52-40-87-57-22-14-13-21-55(52)57)76(106)89-58(23-15-16-30-85)74(104)94-71(48(4)99)79(109)93-61/h10-14,17-22,24-28,35-36,40,46-48,53,56,58-62,65-67,71-72,87,98-100,112H,15-16,23,29-34,37-39,41-44,85-86H2,1-9H3,(H,88,107)(H,89,106)(H,90,108)(H,91,105)(H,92,103)(H,93,109)(H,94,104)(H,95,111)/b24-17+,45-18+/t46-,47+,48-,53-,56-,58+,59+,60-,61+,62+,65+,66-,67+,71+,72+,82-,83+/m1/s1. The second kappa shape index (κ2) is 44.8. The van der Waals surface area contributed by atoms with E-state index >= 15 is 4.79 Å². The number of aromatic hydroxyl groups is 1. The van der Waals surface area contributed by atoms with Crippen LogP contribution in [0.5, 0.6) is 11.5 Å². The fourth-order valence-electron chi connectivity index (χ4n) is 14.3. The predicted molar refractivity (Wildman–Crippen MR) is 463 cm³/mol. The van der Waals surface area contributed by atoms with Crippen molar-refractivity contribution in [3.05, 3.63) is 148 Å². The van der Waals surface area contributed by atoms with Crippen molar-refractivity contribution in [2.24, 2.45) is 17.4 Å². The molecule has 4 bridgehead atoms. The minimum Gasteiger partial charge on any atom is -0.508 e. The lowest BCUT2D eigenvalue weighted by atomic mass is 9.83. The Kier molecular flexibility index (Phi) is 35.4. The second-order valence-electron chi connectivity index (χ2n) is 30.8. The molecule has 10 amide bonds. The summed E-state index contributed by atoms with van der Waals surface area (Å²) in [5.41, 5.74) is 13.4. The molecule has 17 N–H and O–H groups in total. The highest BCUT2D eigenvalue weighted by atomic mass is 35.5. The number of likely N-dealkylation sites (N-methyl/N-ethyl adjacent to an activating group) is 1. The highest BCUT2D eigenvalue weighted by molar-refractivity contribution is 8.77. The van der Waals surface area contributed by atoms with Gasteiger partial charge in [0.25, 0.3) is 0 Å². The third-order valence-electron chi connectivity index (χ3n) is 21.7. The number of carbonyl (C=O) groups excluding carboxylic acids is 11. The number of nitrogens with one attached hydrogen (secondary N) is 9. The molecular weight excluding hydrogens is 1660 g/mol. The van der Waals surface area contributed by atoms with Crippen LogP contribution in [0.25, 0.3) is 10.9 Å². The van der Waals surface area contributed by atoms with Gasteiger partial charge in [0, 0.05) is 92.9 Å². The number of phenols is 1. The van der Waals surface area contributed by atoms with Gasteiger partial charge in [-0.15, -0.1) is 0 Å². The Bertz CT molecular complexity index is 4540. The molecule has 33 nitrogen and oxygen atoms in total. The van der Waals surface area contributed by atoms with Crippen molar-refractivity contribution in [3.63, 3.8) is 0 Å². The van der Waals surface area contributed by atoms with Crippen LogP contribution in [0.4, 0.5) is 10.5 Å². The molecule has 0 spiro atoms. The number of epoxide rings is 1. The molecule has 1 aromatic heterocycles. The van der Waals surface area contributed by atoms with Crippen LogP contribution in [0, 0.1) is 5.92 Å². The average molecular weight is 1770 g/mol. The zero-order valence-electron chi connectivity index (χ0n) is 68.8. The first-order valence-electron chi connectivity index (χ1n) is 39.8. The number of hydrogen-bond acceptors (Lipinski definition) is 26. The average Bonchev–Trinajstić information content (AvgIpc) is 1.57. The van der Waals surface area contributed by atoms with Crippen LogP contribution < -0.4 is 63.6 Å². The minimum atomic E-state index is -1.94. The number of benzene rings is 4. The van der Waals surface area contributed by atoms with E-state index in [1.54, 1.807) is 80.7 Å². The number of rotatable bonds is 27. The van der Waals surface area contributed by atoms with Crippen LogP contribution >= 0.6 is 54.8 Å². The number of H-pyrrole nitrogens is 1. The number of aromatic nitrogens is 1. The summed E-state index contributed by atoms with van der Waals surface area (Å²) in [7, 11) is 10.1. The van der Waals surface area contributed by atoms with Crippen molar-refractivity contribution in [1.82, 2.24) is 52.4 Å². The molecule has 0 aliphatic carbocycles. The summed E-state index contributed by atoms with van der Waals surface area (Å²) in [6.07, 6.45) is 0.0621. The lowest BCUT2D eigenvalue weighted by Gasteiger charge is -2.42. The van der Waals surface area contributed by atoms with E-state index in [2.05, 4.69) is 47.5 Å². The Labute approximate surface area is 723 Å². The zero-order chi connectivity index (χ0) is 88.0.